The Morgan fingerprint density at radius 1 is 1.03 bits per heavy atom. The molecule has 3 rings (SSSR count). The van der Waals surface area contributed by atoms with Gasteiger partial charge in [-0.15, -0.1) is 0 Å². The van der Waals surface area contributed by atoms with Crippen LogP contribution in [0, 0.1) is 0 Å². The molecule has 0 radical (unpaired) electrons. The fraction of sp³-hybridized carbons (Fsp3) is 0.240. The molecule has 7 nitrogen and oxygen atoms in total. The van der Waals surface area contributed by atoms with Crippen molar-refractivity contribution in [2.75, 3.05) is 6.61 Å². The summed E-state index contributed by atoms with van der Waals surface area (Å²) in [6.45, 7) is 4.32. The molecule has 1 atom stereocenters. The minimum absolute atomic E-state index is 0.0457. The number of ether oxygens (including phenoxy) is 2. The second-order valence-electron chi connectivity index (χ2n) is 7.51. The van der Waals surface area contributed by atoms with Crippen molar-refractivity contribution in [2.45, 2.75) is 32.8 Å². The topological polar surface area (TPSA) is 88.7 Å². The summed E-state index contributed by atoms with van der Waals surface area (Å²) < 4.78 is 12.1. The highest BCUT2D eigenvalue weighted by atomic mass is 79.9. The summed E-state index contributed by atoms with van der Waals surface area (Å²) in [6.07, 6.45) is 1.20. The van der Waals surface area contributed by atoms with Crippen LogP contribution in [0.25, 0.3) is 10.8 Å². The zero-order valence-corrected chi connectivity index (χ0v) is 21.3. The van der Waals surface area contributed by atoms with Crippen molar-refractivity contribution in [3.8, 4) is 11.5 Å². The maximum absolute atomic E-state index is 12.5. The minimum Gasteiger partial charge on any atom is -0.492 e. The van der Waals surface area contributed by atoms with Crippen molar-refractivity contribution in [1.29, 1.82) is 0 Å². The van der Waals surface area contributed by atoms with Crippen molar-refractivity contribution in [2.24, 2.45) is 0 Å². The van der Waals surface area contributed by atoms with E-state index >= 15 is 0 Å². The van der Waals surface area contributed by atoms with E-state index in [1.165, 1.54) is 0 Å². The van der Waals surface area contributed by atoms with Crippen LogP contribution in [0.5, 0.6) is 11.5 Å². The molecule has 0 aliphatic heterocycles. The Kier molecular flexibility index (Phi) is 9.24. The summed E-state index contributed by atoms with van der Waals surface area (Å²) in [5.41, 5.74) is 5.36. The van der Waals surface area contributed by atoms with Crippen molar-refractivity contribution in [3.05, 3.63) is 70.7 Å². The molecule has 3 aromatic rings. The molecule has 178 valence electrons. The van der Waals surface area contributed by atoms with E-state index in [1.807, 2.05) is 42.5 Å². The highest BCUT2D eigenvalue weighted by molar-refractivity contribution is 9.10. The highest BCUT2D eigenvalue weighted by Gasteiger charge is 2.16. The number of hydrazine groups is 1. The lowest BCUT2D eigenvalue weighted by Crippen LogP contribution is -2.51. The summed E-state index contributed by atoms with van der Waals surface area (Å²) in [5, 5.41) is 4.58. The van der Waals surface area contributed by atoms with Crippen LogP contribution in [0.3, 0.4) is 0 Å². The van der Waals surface area contributed by atoms with Crippen LogP contribution < -0.4 is 25.6 Å². The number of benzene rings is 3. The molecule has 0 bridgehead atoms. The van der Waals surface area contributed by atoms with Crippen LogP contribution in [0.4, 0.5) is 0 Å². The van der Waals surface area contributed by atoms with Gasteiger partial charge in [0, 0.05) is 5.56 Å². The Hall–Kier alpha value is -3.17. The van der Waals surface area contributed by atoms with Crippen LogP contribution in [0.2, 0.25) is 0 Å². The Bertz CT molecular complexity index is 1190. The Morgan fingerprint density at radius 2 is 1.79 bits per heavy atom. The molecule has 3 aromatic carbocycles. The normalized spacial score (nSPS) is 11.4. The second-order valence-corrected chi connectivity index (χ2v) is 8.78. The summed E-state index contributed by atoms with van der Waals surface area (Å²) >= 11 is 8.53. The van der Waals surface area contributed by atoms with Crippen molar-refractivity contribution in [1.82, 2.24) is 16.2 Å². The summed E-state index contributed by atoms with van der Waals surface area (Å²) in [7, 11) is 0. The van der Waals surface area contributed by atoms with E-state index in [0.29, 0.717) is 28.1 Å². The van der Waals surface area contributed by atoms with Crippen LogP contribution in [-0.2, 0) is 4.79 Å². The number of hydrogen-bond acceptors (Lipinski definition) is 5. The van der Waals surface area contributed by atoms with Gasteiger partial charge in [-0.1, -0.05) is 43.7 Å². The molecule has 0 aromatic heterocycles. The third-order valence-corrected chi connectivity index (χ3v) is 5.70. The lowest BCUT2D eigenvalue weighted by atomic mass is 10.1. The van der Waals surface area contributed by atoms with Gasteiger partial charge in [-0.3, -0.25) is 25.8 Å². The molecule has 1 unspecified atom stereocenters. The van der Waals surface area contributed by atoms with Gasteiger partial charge in [0.25, 0.3) is 11.8 Å². The summed E-state index contributed by atoms with van der Waals surface area (Å²) in [6, 6.07) is 18.5. The standard InChI is InChI=1S/C25H26BrN3O4S/c1-3-4-13-32-22-12-10-19(15-21(22)26)24(31)27-25(34)29-28-23(30)16(2)33-20-11-9-17-7-5-6-8-18(17)14-20/h5-12,14-16H,3-4,13H2,1-2H3,(H,28,30)(H2,27,29,31,34). The molecule has 3 N–H and O–H groups in total. The van der Waals surface area contributed by atoms with Crippen LogP contribution in [-0.4, -0.2) is 29.6 Å². The van der Waals surface area contributed by atoms with Crippen LogP contribution in [0.1, 0.15) is 37.0 Å². The lowest BCUT2D eigenvalue weighted by molar-refractivity contribution is -0.127. The molecule has 0 spiro atoms. The largest absolute Gasteiger partial charge is 0.492 e. The van der Waals surface area contributed by atoms with Crippen molar-refractivity contribution in [3.63, 3.8) is 0 Å². The average molecular weight is 544 g/mol. The van der Waals surface area contributed by atoms with Gasteiger partial charge >= 0.3 is 0 Å². The molecule has 0 saturated heterocycles. The Balaban J connectivity index is 1.47. The summed E-state index contributed by atoms with van der Waals surface area (Å²) in [5.74, 6) is 0.373. The maximum atomic E-state index is 12.5. The molecule has 34 heavy (non-hydrogen) atoms. The fourth-order valence-corrected chi connectivity index (χ4v) is 3.65. The molecular formula is C25H26BrN3O4S. The lowest BCUT2D eigenvalue weighted by Gasteiger charge is -2.16. The number of nitrogens with one attached hydrogen (secondary N) is 3. The second kappa shape index (κ2) is 12.3. The number of hydrogen-bond donors (Lipinski definition) is 3. The van der Waals surface area contributed by atoms with E-state index in [1.54, 1.807) is 25.1 Å². The van der Waals surface area contributed by atoms with E-state index in [-0.39, 0.29) is 5.11 Å². The number of rotatable bonds is 8. The van der Waals surface area contributed by atoms with Gasteiger partial charge in [-0.25, -0.2) is 0 Å². The fourth-order valence-electron chi connectivity index (χ4n) is 3.01. The third kappa shape index (κ3) is 7.16. The first-order valence-corrected chi connectivity index (χ1v) is 12.1. The van der Waals surface area contributed by atoms with E-state index < -0.39 is 17.9 Å². The van der Waals surface area contributed by atoms with Crippen molar-refractivity contribution >= 4 is 55.8 Å². The van der Waals surface area contributed by atoms with E-state index in [4.69, 9.17) is 21.7 Å². The molecule has 0 heterocycles. The van der Waals surface area contributed by atoms with E-state index in [0.717, 1.165) is 23.6 Å². The number of thiocarbonyl (C=S) groups is 1. The number of halogens is 1. The predicted octanol–water partition coefficient (Wildman–Crippen LogP) is 4.88. The maximum Gasteiger partial charge on any atom is 0.279 e. The molecule has 0 fully saturated rings. The zero-order chi connectivity index (χ0) is 24.5. The molecule has 2 amide bonds. The number of fused-ring (bicyclic) bond motifs is 1. The highest BCUT2D eigenvalue weighted by Crippen LogP contribution is 2.26. The first-order valence-electron chi connectivity index (χ1n) is 10.9. The SMILES string of the molecule is CCCCOc1ccc(C(=O)NC(=S)NNC(=O)C(C)Oc2ccc3ccccc3c2)cc1Br. The van der Waals surface area contributed by atoms with Gasteiger partial charge < -0.3 is 9.47 Å². The minimum atomic E-state index is -0.789. The Labute approximate surface area is 212 Å². The van der Waals surface area contributed by atoms with Crippen molar-refractivity contribution < 1.29 is 19.1 Å². The predicted molar refractivity (Wildman–Crippen MR) is 140 cm³/mol. The Morgan fingerprint density at radius 3 is 2.53 bits per heavy atom. The quantitative estimate of drug-likeness (QED) is 0.213. The van der Waals surface area contributed by atoms with Gasteiger partial charge in [0.2, 0.25) is 0 Å². The molecule has 9 heteroatoms. The molecule has 0 aliphatic rings. The summed E-state index contributed by atoms with van der Waals surface area (Å²) in [4.78, 5) is 24.8. The van der Waals surface area contributed by atoms with Gasteiger partial charge in [0.1, 0.15) is 11.5 Å². The van der Waals surface area contributed by atoms with Crippen LogP contribution >= 0.6 is 28.1 Å². The van der Waals surface area contributed by atoms with Crippen LogP contribution in [0.15, 0.2) is 65.1 Å². The van der Waals surface area contributed by atoms with E-state index in [2.05, 4.69) is 39.0 Å². The first-order chi connectivity index (χ1) is 16.4. The average Bonchev–Trinajstić information content (AvgIpc) is 2.83. The number of unbranched alkanes of at least 4 members (excludes halogenated alkanes) is 1. The smallest absolute Gasteiger partial charge is 0.279 e. The number of carbonyl (C=O) groups is 2. The number of carbonyl (C=O) groups excluding carboxylic acids is 2. The van der Waals surface area contributed by atoms with Gasteiger partial charge in [-0.2, -0.15) is 0 Å². The van der Waals surface area contributed by atoms with Gasteiger partial charge in [-0.05, 0) is 82.6 Å². The molecule has 0 saturated carbocycles. The zero-order valence-electron chi connectivity index (χ0n) is 18.9. The molecule has 0 aliphatic carbocycles. The van der Waals surface area contributed by atoms with Gasteiger partial charge in [0.15, 0.2) is 11.2 Å². The first kappa shape index (κ1) is 25.5. The van der Waals surface area contributed by atoms with E-state index in [9.17, 15) is 9.59 Å². The molecular weight excluding hydrogens is 518 g/mol. The van der Waals surface area contributed by atoms with Gasteiger partial charge in [0.05, 0.1) is 11.1 Å². The third-order valence-electron chi connectivity index (χ3n) is 4.88. The number of amides is 2. The monoisotopic (exact) mass is 543 g/mol.